The molecule has 0 spiro atoms. The van der Waals surface area contributed by atoms with Crippen LogP contribution in [-0.2, 0) is 26.9 Å². The Kier molecular flexibility index (Phi) is 8.40. The molecular formula is C14H15F6IO6S2. The Labute approximate surface area is 171 Å². The van der Waals surface area contributed by atoms with Gasteiger partial charge < -0.3 is 0 Å². The molecule has 0 N–H and O–H groups in total. The van der Waals surface area contributed by atoms with Gasteiger partial charge in [-0.15, -0.1) is 0 Å². The minimum absolute atomic E-state index is 0.0331. The zero-order chi connectivity index (χ0) is 22.7. The molecule has 0 saturated heterocycles. The molecule has 0 bridgehead atoms. The molecule has 0 aliphatic carbocycles. The molecule has 0 saturated carbocycles. The standard InChI is InChI=1S/C14H15F6IO6S2/c1-3-4-12(26-28(22,23)13(15,16)17)9-21(11-7-5-10(2)6-8-11)27-29(24,25)14(18,19)20/h5-9H,3-4H2,1-2H3/b12-9+. The molecule has 0 atom stereocenters. The second kappa shape index (κ2) is 9.38. The average Bonchev–Trinajstić information content (AvgIpc) is 2.52. The Morgan fingerprint density at radius 3 is 1.86 bits per heavy atom. The van der Waals surface area contributed by atoms with Crippen LogP contribution in [0.2, 0.25) is 0 Å². The Morgan fingerprint density at radius 2 is 1.45 bits per heavy atom. The molecule has 0 heterocycles. The first-order chi connectivity index (χ1) is 13.0. The fourth-order valence-electron chi connectivity index (χ4n) is 1.56. The van der Waals surface area contributed by atoms with Crippen molar-refractivity contribution in [3.05, 3.63) is 43.2 Å². The van der Waals surface area contributed by atoms with E-state index in [9.17, 15) is 43.2 Å². The van der Waals surface area contributed by atoms with Gasteiger partial charge in [0.15, 0.2) is 0 Å². The number of alkyl halides is 6. The van der Waals surface area contributed by atoms with E-state index in [1.165, 1.54) is 31.2 Å². The molecule has 0 amide bonds. The van der Waals surface area contributed by atoms with Gasteiger partial charge in [0.2, 0.25) is 0 Å². The summed E-state index contributed by atoms with van der Waals surface area (Å²) in [6, 6.07) is 5.32. The fraction of sp³-hybridized carbons (Fsp3) is 0.429. The first kappa shape index (κ1) is 26.0. The number of hydrogen-bond acceptors (Lipinski definition) is 6. The number of aryl methyl sites for hydroxylation is 1. The summed E-state index contributed by atoms with van der Waals surface area (Å²) in [5.74, 6) is -0.854. The summed E-state index contributed by atoms with van der Waals surface area (Å²) >= 11 is -4.02. The summed E-state index contributed by atoms with van der Waals surface area (Å²) in [5, 5.41) is 0. The van der Waals surface area contributed by atoms with Gasteiger partial charge in [-0.25, -0.2) is 0 Å². The molecular weight excluding hydrogens is 569 g/mol. The Hall–Kier alpha value is -1.07. The van der Waals surface area contributed by atoms with Crippen LogP contribution in [0.1, 0.15) is 25.3 Å². The van der Waals surface area contributed by atoms with Crippen molar-refractivity contribution in [1.82, 2.24) is 0 Å². The molecule has 0 aliphatic heterocycles. The van der Waals surface area contributed by atoms with Crippen LogP contribution in [0.5, 0.6) is 0 Å². The molecule has 0 unspecified atom stereocenters. The zero-order valence-electron chi connectivity index (χ0n) is 14.7. The van der Waals surface area contributed by atoms with E-state index in [0.29, 0.717) is 9.65 Å². The molecule has 15 heteroatoms. The van der Waals surface area contributed by atoms with E-state index in [1.807, 2.05) is 0 Å². The van der Waals surface area contributed by atoms with E-state index in [2.05, 4.69) is 6.70 Å². The summed E-state index contributed by atoms with van der Waals surface area (Å²) in [7, 11) is -12.2. The van der Waals surface area contributed by atoms with Crippen LogP contribution in [0.3, 0.4) is 0 Å². The van der Waals surface area contributed by atoms with Crippen LogP contribution in [0, 0.1) is 10.5 Å². The van der Waals surface area contributed by atoms with Gasteiger partial charge in [-0.05, 0) is 0 Å². The van der Waals surface area contributed by atoms with E-state index in [-0.39, 0.29) is 9.99 Å². The number of rotatable bonds is 8. The third-order valence-corrected chi connectivity index (χ3v) is 10.5. The number of allylic oxidation sites excluding steroid dienone is 1. The summed E-state index contributed by atoms with van der Waals surface area (Å²) in [6.07, 6.45) is -0.353. The van der Waals surface area contributed by atoms with Crippen molar-refractivity contribution in [3.63, 3.8) is 0 Å². The fourth-order valence-corrected chi connectivity index (χ4v) is 8.17. The third kappa shape index (κ3) is 7.29. The molecule has 1 rings (SSSR count). The van der Waals surface area contributed by atoms with Gasteiger partial charge in [-0.1, -0.05) is 0 Å². The SMILES string of the molecule is CCC/C(=C\I(OS(=O)(=O)C(F)(F)F)c1ccc(C)cc1)OS(=O)(=O)C(F)(F)F. The van der Waals surface area contributed by atoms with Crippen molar-refractivity contribution in [2.75, 3.05) is 0 Å². The van der Waals surface area contributed by atoms with E-state index in [4.69, 9.17) is 0 Å². The molecule has 0 aromatic heterocycles. The summed E-state index contributed by atoms with van der Waals surface area (Å²) < 4.78 is 130. The van der Waals surface area contributed by atoms with Crippen molar-refractivity contribution in [2.45, 2.75) is 37.7 Å². The Morgan fingerprint density at radius 1 is 0.966 bits per heavy atom. The normalized spacial score (nSPS) is 14.6. The van der Waals surface area contributed by atoms with Gasteiger partial charge in [0.05, 0.1) is 0 Å². The Balaban J connectivity index is 3.47. The molecule has 1 aromatic carbocycles. The van der Waals surface area contributed by atoms with Crippen LogP contribution < -0.4 is 0 Å². The van der Waals surface area contributed by atoms with Gasteiger partial charge in [0.1, 0.15) is 0 Å². The summed E-state index contributed by atoms with van der Waals surface area (Å²) in [4.78, 5) is 0. The third-order valence-electron chi connectivity index (χ3n) is 2.88. The topological polar surface area (TPSA) is 86.7 Å². The maximum atomic E-state index is 12.7. The monoisotopic (exact) mass is 584 g/mol. The molecule has 0 aliphatic rings. The average molecular weight is 584 g/mol. The number of halogens is 7. The van der Waals surface area contributed by atoms with Crippen LogP contribution in [0.25, 0.3) is 0 Å². The van der Waals surface area contributed by atoms with Crippen LogP contribution >= 0.6 is 20.2 Å². The van der Waals surface area contributed by atoms with Gasteiger partial charge in [-0.3, -0.25) is 0 Å². The van der Waals surface area contributed by atoms with Crippen LogP contribution in [0.15, 0.2) is 34.1 Å². The molecule has 0 fully saturated rings. The minimum atomic E-state index is -6.10. The predicted molar refractivity (Wildman–Crippen MR) is 99.0 cm³/mol. The number of hydrogen-bond donors (Lipinski definition) is 0. The van der Waals surface area contributed by atoms with Crippen molar-refractivity contribution in [2.24, 2.45) is 0 Å². The van der Waals surface area contributed by atoms with Crippen molar-refractivity contribution in [3.8, 4) is 0 Å². The second-order valence-corrected chi connectivity index (χ2v) is 12.9. The van der Waals surface area contributed by atoms with E-state index in [0.717, 1.165) is 0 Å². The molecule has 0 radical (unpaired) electrons. The second-order valence-electron chi connectivity index (χ2n) is 5.34. The van der Waals surface area contributed by atoms with Gasteiger partial charge in [0.25, 0.3) is 0 Å². The van der Waals surface area contributed by atoms with E-state index >= 15 is 0 Å². The van der Waals surface area contributed by atoms with Crippen molar-refractivity contribution >= 4 is 40.5 Å². The van der Waals surface area contributed by atoms with Gasteiger partial charge in [0, 0.05) is 0 Å². The maximum absolute atomic E-state index is 12.7. The zero-order valence-corrected chi connectivity index (χ0v) is 18.5. The van der Waals surface area contributed by atoms with Crippen LogP contribution in [-0.4, -0.2) is 27.9 Å². The quantitative estimate of drug-likeness (QED) is 0.141. The van der Waals surface area contributed by atoms with E-state index in [1.54, 1.807) is 6.92 Å². The number of benzene rings is 1. The van der Waals surface area contributed by atoms with E-state index < -0.39 is 63.7 Å². The summed E-state index contributed by atoms with van der Waals surface area (Å²) in [6.45, 7) is 3.07. The molecule has 29 heavy (non-hydrogen) atoms. The summed E-state index contributed by atoms with van der Waals surface area (Å²) in [5.41, 5.74) is -10.9. The van der Waals surface area contributed by atoms with Crippen molar-refractivity contribution in [1.29, 1.82) is 0 Å². The van der Waals surface area contributed by atoms with Gasteiger partial charge in [-0.2, -0.15) is 0 Å². The first-order valence-electron chi connectivity index (χ1n) is 7.48. The molecule has 6 nitrogen and oxygen atoms in total. The van der Waals surface area contributed by atoms with Gasteiger partial charge >= 0.3 is 171 Å². The Bertz CT molecular complexity index is 936. The van der Waals surface area contributed by atoms with Crippen LogP contribution in [0.4, 0.5) is 26.3 Å². The first-order valence-corrected chi connectivity index (χ1v) is 13.5. The molecule has 168 valence electrons. The predicted octanol–water partition coefficient (Wildman–Crippen LogP) is 4.96. The molecule has 1 aromatic rings. The van der Waals surface area contributed by atoms with Crippen molar-refractivity contribution < 1.29 is 49.9 Å².